The van der Waals surface area contributed by atoms with Crippen LogP contribution in [0.5, 0.6) is 0 Å². The number of benzene rings is 8. The van der Waals surface area contributed by atoms with Gasteiger partial charge in [-0.25, -0.2) is 19.9 Å². The van der Waals surface area contributed by atoms with Crippen molar-refractivity contribution in [3.05, 3.63) is 218 Å². The molecule has 0 aliphatic rings. The van der Waals surface area contributed by atoms with Gasteiger partial charge in [0.05, 0.1) is 22.8 Å². The van der Waals surface area contributed by atoms with E-state index in [-0.39, 0.29) is 0 Å². The molecule has 0 unspecified atom stereocenters. The number of hydrogen-bond acceptors (Lipinski definition) is 5. The van der Waals surface area contributed by atoms with Crippen LogP contribution in [0, 0.1) is 0 Å². The van der Waals surface area contributed by atoms with E-state index < -0.39 is 0 Å². The smallest absolute Gasteiger partial charge is 0.160 e. The third kappa shape index (κ3) is 7.15. The van der Waals surface area contributed by atoms with E-state index >= 15 is 0 Å². The zero-order chi connectivity index (χ0) is 40.5. The van der Waals surface area contributed by atoms with Crippen LogP contribution < -0.4 is 0 Å². The van der Waals surface area contributed by atoms with Crippen molar-refractivity contribution in [3.63, 3.8) is 0 Å². The lowest BCUT2D eigenvalue weighted by Crippen LogP contribution is -1.95. The van der Waals surface area contributed by atoms with Gasteiger partial charge in [-0.2, -0.15) is 0 Å². The Balaban J connectivity index is 0.904. The summed E-state index contributed by atoms with van der Waals surface area (Å²) < 4.78 is 6.35. The van der Waals surface area contributed by atoms with Gasteiger partial charge in [0.15, 0.2) is 11.6 Å². The SMILES string of the molecule is c1ccc(-c2cc(-c3ccc(-c4ccc5oc6ccc(-c7ccc(-c8nc(-c9ccccc9)cc(-c9ccccc9)n8)cc7)cc6c5c4)cc3)nc(-c3ccccc3)n2)cc1. The third-order valence-electron chi connectivity index (χ3n) is 11.2. The maximum absolute atomic E-state index is 6.35. The second-order valence-electron chi connectivity index (χ2n) is 15.1. The molecule has 3 aromatic heterocycles. The van der Waals surface area contributed by atoms with Crippen LogP contribution in [-0.2, 0) is 0 Å². The fraction of sp³-hybridized carbons (Fsp3) is 0. The second-order valence-corrected chi connectivity index (χ2v) is 15.1. The summed E-state index contributed by atoms with van der Waals surface area (Å²) in [7, 11) is 0. The van der Waals surface area contributed by atoms with Crippen LogP contribution in [0.4, 0.5) is 0 Å². The summed E-state index contributed by atoms with van der Waals surface area (Å²) in [4.78, 5) is 20.0. The molecule has 0 aliphatic heterocycles. The Morgan fingerprint density at radius 2 is 0.508 bits per heavy atom. The van der Waals surface area contributed by atoms with Crippen molar-refractivity contribution in [1.29, 1.82) is 0 Å². The van der Waals surface area contributed by atoms with Crippen molar-refractivity contribution >= 4 is 21.9 Å². The normalized spacial score (nSPS) is 11.3. The minimum Gasteiger partial charge on any atom is -0.456 e. The van der Waals surface area contributed by atoms with Crippen LogP contribution in [0.1, 0.15) is 0 Å². The van der Waals surface area contributed by atoms with Crippen molar-refractivity contribution in [2.45, 2.75) is 0 Å². The zero-order valence-electron chi connectivity index (χ0n) is 33.0. The van der Waals surface area contributed by atoms with Crippen LogP contribution in [0.2, 0.25) is 0 Å². The molecule has 286 valence electrons. The zero-order valence-corrected chi connectivity index (χ0v) is 33.0. The molecule has 0 atom stereocenters. The monoisotopic (exact) mass is 780 g/mol. The van der Waals surface area contributed by atoms with Crippen LogP contribution in [0.15, 0.2) is 223 Å². The first-order valence-corrected chi connectivity index (χ1v) is 20.4. The lowest BCUT2D eigenvalue weighted by Gasteiger charge is -2.10. The Hall–Kier alpha value is -8.28. The number of fused-ring (bicyclic) bond motifs is 3. The Morgan fingerprint density at radius 1 is 0.230 bits per heavy atom. The van der Waals surface area contributed by atoms with Gasteiger partial charge in [0, 0.05) is 44.2 Å². The highest BCUT2D eigenvalue weighted by molar-refractivity contribution is 6.07. The third-order valence-corrected chi connectivity index (χ3v) is 11.2. The topological polar surface area (TPSA) is 64.7 Å². The van der Waals surface area contributed by atoms with E-state index in [2.05, 4.69) is 146 Å². The van der Waals surface area contributed by atoms with Crippen LogP contribution >= 0.6 is 0 Å². The molecule has 5 nitrogen and oxygen atoms in total. The molecule has 11 rings (SSSR count). The maximum Gasteiger partial charge on any atom is 0.160 e. The molecule has 0 saturated heterocycles. The molecule has 8 aromatic carbocycles. The van der Waals surface area contributed by atoms with Gasteiger partial charge in [-0.05, 0) is 58.7 Å². The van der Waals surface area contributed by atoms with Gasteiger partial charge in [-0.1, -0.05) is 182 Å². The fourth-order valence-corrected chi connectivity index (χ4v) is 7.94. The van der Waals surface area contributed by atoms with E-state index in [0.29, 0.717) is 11.6 Å². The molecule has 11 aromatic rings. The molecule has 0 amide bonds. The van der Waals surface area contributed by atoms with Crippen molar-refractivity contribution in [2.24, 2.45) is 0 Å². The number of hydrogen-bond donors (Lipinski definition) is 0. The predicted octanol–water partition coefficient (Wildman–Crippen LogP) is 14.5. The average Bonchev–Trinajstić information content (AvgIpc) is 3.72. The van der Waals surface area contributed by atoms with Gasteiger partial charge in [0.25, 0.3) is 0 Å². The quantitative estimate of drug-likeness (QED) is 0.154. The lowest BCUT2D eigenvalue weighted by molar-refractivity contribution is 0.669. The molecule has 61 heavy (non-hydrogen) atoms. The first-order chi connectivity index (χ1) is 30.2. The summed E-state index contributed by atoms with van der Waals surface area (Å²) in [6.45, 7) is 0. The first kappa shape index (κ1) is 35.8. The Bertz CT molecular complexity index is 2970. The summed E-state index contributed by atoms with van der Waals surface area (Å²) in [6, 6.07) is 75.1. The standard InChI is InChI=1S/C56H36N4O/c1-5-13-39(14-6-1)49-35-50(40-15-7-2-8-16-40)59-56(58-49)44-27-23-38(24-28-44)46-30-32-54-48(34-46)47-33-45(29-31-53(47)61-54)37-21-25-42(26-22-37)52-36-51(41-17-9-3-10-18-41)57-55(60-52)43-19-11-4-12-20-43/h1-36H. The minimum atomic E-state index is 0.689. The number of aromatic nitrogens is 4. The molecule has 5 heteroatoms. The average molecular weight is 781 g/mol. The Kier molecular flexibility index (Phi) is 9.10. The molecule has 0 spiro atoms. The molecule has 0 bridgehead atoms. The van der Waals surface area contributed by atoms with Crippen molar-refractivity contribution in [2.75, 3.05) is 0 Å². The Morgan fingerprint density at radius 3 is 0.885 bits per heavy atom. The summed E-state index contributed by atoms with van der Waals surface area (Å²) in [5, 5.41) is 2.15. The number of rotatable bonds is 8. The summed E-state index contributed by atoms with van der Waals surface area (Å²) >= 11 is 0. The van der Waals surface area contributed by atoms with E-state index in [1.807, 2.05) is 72.8 Å². The molecule has 0 saturated carbocycles. The second kappa shape index (κ2) is 15.5. The first-order valence-electron chi connectivity index (χ1n) is 20.4. The van der Waals surface area contributed by atoms with Gasteiger partial charge in [-0.3, -0.25) is 0 Å². The molecule has 0 aliphatic carbocycles. The molecule has 0 N–H and O–H groups in total. The van der Waals surface area contributed by atoms with E-state index in [9.17, 15) is 0 Å². The summed E-state index contributed by atoms with van der Waals surface area (Å²) in [6.07, 6.45) is 0. The van der Waals surface area contributed by atoms with Crippen LogP contribution in [0.3, 0.4) is 0 Å². The van der Waals surface area contributed by atoms with Gasteiger partial charge < -0.3 is 4.42 Å². The minimum absolute atomic E-state index is 0.689. The molecular weight excluding hydrogens is 745 g/mol. The summed E-state index contributed by atoms with van der Waals surface area (Å²) in [5.41, 5.74) is 15.8. The van der Waals surface area contributed by atoms with Gasteiger partial charge in [0.2, 0.25) is 0 Å². The summed E-state index contributed by atoms with van der Waals surface area (Å²) in [5.74, 6) is 1.39. The van der Waals surface area contributed by atoms with Crippen molar-refractivity contribution in [1.82, 2.24) is 19.9 Å². The van der Waals surface area contributed by atoms with Crippen molar-refractivity contribution in [3.8, 4) is 90.1 Å². The fourth-order valence-electron chi connectivity index (χ4n) is 7.94. The van der Waals surface area contributed by atoms with E-state index in [0.717, 1.165) is 100 Å². The van der Waals surface area contributed by atoms with Crippen LogP contribution in [-0.4, -0.2) is 19.9 Å². The molecule has 0 radical (unpaired) electrons. The highest BCUT2D eigenvalue weighted by atomic mass is 16.3. The molecule has 3 heterocycles. The van der Waals surface area contributed by atoms with E-state index in [1.54, 1.807) is 0 Å². The maximum atomic E-state index is 6.35. The highest BCUT2D eigenvalue weighted by Crippen LogP contribution is 2.37. The van der Waals surface area contributed by atoms with Crippen LogP contribution in [0.25, 0.3) is 112 Å². The number of nitrogens with zero attached hydrogens (tertiary/aromatic N) is 4. The van der Waals surface area contributed by atoms with Gasteiger partial charge in [0.1, 0.15) is 11.2 Å². The van der Waals surface area contributed by atoms with E-state index in [1.165, 1.54) is 0 Å². The van der Waals surface area contributed by atoms with E-state index in [4.69, 9.17) is 24.4 Å². The lowest BCUT2D eigenvalue weighted by atomic mass is 9.98. The number of furan rings is 1. The molecule has 0 fully saturated rings. The molecular formula is C56H36N4O. The largest absolute Gasteiger partial charge is 0.456 e. The van der Waals surface area contributed by atoms with Gasteiger partial charge in [-0.15, -0.1) is 0 Å². The predicted molar refractivity (Wildman–Crippen MR) is 248 cm³/mol. The van der Waals surface area contributed by atoms with Gasteiger partial charge >= 0.3 is 0 Å². The Labute approximate surface area is 353 Å². The van der Waals surface area contributed by atoms with Crippen molar-refractivity contribution < 1.29 is 4.42 Å². The highest BCUT2D eigenvalue weighted by Gasteiger charge is 2.15.